The van der Waals surface area contributed by atoms with E-state index in [0.717, 1.165) is 25.3 Å². The quantitative estimate of drug-likeness (QED) is 0.293. The minimum absolute atomic E-state index is 0.672. The highest BCUT2D eigenvalue weighted by Gasteiger charge is 2.05. The molecule has 1 aromatic carbocycles. The molecule has 6 heteroatoms. The Morgan fingerprint density at radius 2 is 1.91 bits per heavy atom. The Morgan fingerprint density at radius 3 is 2.52 bits per heavy atom. The number of aromatic nitrogens is 2. The summed E-state index contributed by atoms with van der Waals surface area (Å²) in [6.45, 7) is 0.875. The van der Waals surface area contributed by atoms with E-state index in [1.807, 2.05) is 10.9 Å². The first-order valence-corrected chi connectivity index (χ1v) is 11.0. The molecule has 0 spiro atoms. The number of aryl methyl sites for hydroxylation is 1. The highest BCUT2D eigenvalue weighted by Crippen LogP contribution is 2.26. The molecule has 3 rings (SSSR count). The molecule has 2 heterocycles. The van der Waals surface area contributed by atoms with Gasteiger partial charge >= 0.3 is 0 Å². The van der Waals surface area contributed by atoms with Crippen molar-refractivity contribution < 1.29 is 0 Å². The van der Waals surface area contributed by atoms with Crippen LogP contribution < -0.4 is 0 Å². The molecule has 0 aliphatic heterocycles. The second kappa shape index (κ2) is 10.5. The van der Waals surface area contributed by atoms with Gasteiger partial charge in [0.25, 0.3) is 0 Å². The third kappa shape index (κ3) is 5.62. The van der Waals surface area contributed by atoms with E-state index >= 15 is 0 Å². The minimum Gasteiger partial charge on any atom is -0.265 e. The summed E-state index contributed by atoms with van der Waals surface area (Å²) in [5.74, 6) is 1.48. The molecule has 0 amide bonds. The van der Waals surface area contributed by atoms with E-state index < -0.39 is 0 Å². The number of alkyl halides is 3. The number of thiophene rings is 1. The fourth-order valence-electron chi connectivity index (χ4n) is 2.12. The Labute approximate surface area is 164 Å². The minimum atomic E-state index is 0.672. The Hall–Kier alpha value is -0.300. The summed E-state index contributed by atoms with van der Waals surface area (Å²) in [7, 11) is 0. The second-order valence-corrected chi connectivity index (χ2v) is 7.54. The summed E-state index contributed by atoms with van der Waals surface area (Å²) in [6.07, 6.45) is 4.00. The van der Waals surface area contributed by atoms with Crippen molar-refractivity contribution in [2.75, 3.05) is 16.2 Å². The van der Waals surface area contributed by atoms with Crippen LogP contribution in [0.5, 0.6) is 0 Å². The fraction of sp³-hybridized carbons (Fsp3) is 0.353. The maximum absolute atomic E-state index is 5.74. The van der Waals surface area contributed by atoms with Gasteiger partial charge in [-0.15, -0.1) is 23.2 Å². The van der Waals surface area contributed by atoms with E-state index in [1.165, 1.54) is 26.5 Å². The first-order valence-electron chi connectivity index (χ1n) is 7.46. The average molecular weight is 481 g/mol. The lowest BCUT2D eigenvalue weighted by Gasteiger charge is -2.03. The van der Waals surface area contributed by atoms with Crippen LogP contribution in [0, 0.1) is 0 Å². The number of nitrogens with zero attached hydrogens (tertiary/aromatic N) is 2. The summed E-state index contributed by atoms with van der Waals surface area (Å²) in [5, 5.41) is 9.87. The van der Waals surface area contributed by atoms with Gasteiger partial charge in [0.05, 0.1) is 11.7 Å². The lowest BCUT2D eigenvalue weighted by molar-refractivity contribution is 0.625. The number of hydrogen-bond donors (Lipinski definition) is 0. The summed E-state index contributed by atoms with van der Waals surface area (Å²) in [4.78, 5) is 0. The number of halogens is 3. The van der Waals surface area contributed by atoms with Crippen molar-refractivity contribution in [3.63, 3.8) is 0 Å². The van der Waals surface area contributed by atoms with E-state index in [1.54, 1.807) is 11.3 Å². The van der Waals surface area contributed by atoms with E-state index in [2.05, 4.69) is 62.7 Å². The maximum Gasteiger partial charge on any atom is 0.0688 e. The summed E-state index contributed by atoms with van der Waals surface area (Å²) in [6, 6.07) is 8.63. The number of hydrogen-bond acceptors (Lipinski definition) is 2. The van der Waals surface area contributed by atoms with Gasteiger partial charge in [-0.3, -0.25) is 4.68 Å². The Balaban J connectivity index is 0.000000338. The van der Waals surface area contributed by atoms with Crippen molar-refractivity contribution in [2.24, 2.45) is 0 Å². The molecule has 0 saturated carbocycles. The van der Waals surface area contributed by atoms with E-state index in [-0.39, 0.29) is 0 Å². The number of fused-ring (bicyclic) bond motifs is 1. The molecule has 0 N–H and O–H groups in total. The van der Waals surface area contributed by atoms with Crippen molar-refractivity contribution in [3.8, 4) is 11.1 Å². The fourth-order valence-corrected chi connectivity index (χ4v) is 3.87. The van der Waals surface area contributed by atoms with Crippen LogP contribution in [-0.4, -0.2) is 26.0 Å². The lowest BCUT2D eigenvalue weighted by Crippen LogP contribution is -2.00. The Kier molecular flexibility index (Phi) is 8.72. The zero-order valence-corrected chi connectivity index (χ0v) is 17.2. The van der Waals surface area contributed by atoms with Gasteiger partial charge in [0, 0.05) is 28.1 Å². The van der Waals surface area contributed by atoms with Crippen LogP contribution in [0.1, 0.15) is 12.8 Å². The van der Waals surface area contributed by atoms with Crippen molar-refractivity contribution in [1.82, 2.24) is 9.78 Å². The predicted molar refractivity (Wildman–Crippen MR) is 113 cm³/mol. The highest BCUT2D eigenvalue weighted by molar-refractivity contribution is 14.1. The summed E-state index contributed by atoms with van der Waals surface area (Å²) < 4.78 is 3.22. The van der Waals surface area contributed by atoms with Gasteiger partial charge in [-0.2, -0.15) is 16.4 Å². The molecule has 0 saturated heterocycles. The first-order chi connectivity index (χ1) is 11.3. The van der Waals surface area contributed by atoms with Crippen LogP contribution in [0.15, 0.2) is 41.2 Å². The van der Waals surface area contributed by atoms with Crippen molar-refractivity contribution in [3.05, 3.63) is 41.2 Å². The topological polar surface area (TPSA) is 17.8 Å². The zero-order chi connectivity index (χ0) is 16.5. The van der Waals surface area contributed by atoms with Crippen LogP contribution >= 0.6 is 57.1 Å². The molecule has 2 aromatic heterocycles. The molecule has 0 fully saturated rings. The number of benzene rings is 1. The zero-order valence-electron chi connectivity index (χ0n) is 12.7. The standard InChI is InChI=1S/C14H13ClN2S.C3H6ClI/c15-5-1-6-17-14-8-11(13-4-7-18-10-13)2-3-12(14)9-16-17;4-2-1-3-5/h2-4,7-10H,1,5-6H2;1-3H2. The van der Waals surface area contributed by atoms with Gasteiger partial charge in [-0.1, -0.05) is 34.7 Å². The molecule has 2 nitrogen and oxygen atoms in total. The SMILES string of the molecule is ClCCCI.ClCCCn1ncc2ccc(-c3ccsc3)cc21. The largest absolute Gasteiger partial charge is 0.265 e. The third-order valence-corrected chi connectivity index (χ3v) is 5.25. The maximum atomic E-state index is 5.74. The van der Waals surface area contributed by atoms with E-state index in [4.69, 9.17) is 23.2 Å². The van der Waals surface area contributed by atoms with E-state index in [0.29, 0.717) is 5.88 Å². The van der Waals surface area contributed by atoms with Crippen LogP contribution in [0.4, 0.5) is 0 Å². The van der Waals surface area contributed by atoms with Crippen molar-refractivity contribution in [1.29, 1.82) is 0 Å². The Morgan fingerprint density at radius 1 is 1.09 bits per heavy atom. The molecule has 0 aliphatic rings. The van der Waals surface area contributed by atoms with Crippen LogP contribution in [-0.2, 0) is 6.54 Å². The Bertz CT molecular complexity index is 696. The third-order valence-electron chi connectivity index (χ3n) is 3.27. The molecular weight excluding hydrogens is 462 g/mol. The average Bonchev–Trinajstić information content (AvgIpc) is 3.23. The highest BCUT2D eigenvalue weighted by atomic mass is 127. The molecule has 0 aliphatic carbocycles. The molecule has 23 heavy (non-hydrogen) atoms. The molecule has 0 unspecified atom stereocenters. The van der Waals surface area contributed by atoms with Gasteiger partial charge < -0.3 is 0 Å². The second-order valence-electron chi connectivity index (χ2n) is 4.93. The van der Waals surface area contributed by atoms with Crippen molar-refractivity contribution in [2.45, 2.75) is 19.4 Å². The van der Waals surface area contributed by atoms with E-state index in [9.17, 15) is 0 Å². The van der Waals surface area contributed by atoms with Gasteiger partial charge in [-0.25, -0.2) is 0 Å². The molecule has 0 radical (unpaired) electrons. The molecule has 3 aromatic rings. The summed E-state index contributed by atoms with van der Waals surface area (Å²) in [5.41, 5.74) is 3.70. The monoisotopic (exact) mass is 480 g/mol. The molecular formula is C17H19Cl2IN2S. The smallest absolute Gasteiger partial charge is 0.0688 e. The lowest BCUT2D eigenvalue weighted by atomic mass is 10.1. The van der Waals surface area contributed by atoms with Crippen molar-refractivity contribution >= 4 is 68.0 Å². The predicted octanol–water partition coefficient (Wildman–Crippen LogP) is 6.44. The summed E-state index contributed by atoms with van der Waals surface area (Å²) >= 11 is 15.1. The van der Waals surface area contributed by atoms with Crippen LogP contribution in [0.2, 0.25) is 0 Å². The van der Waals surface area contributed by atoms with Gasteiger partial charge in [0.2, 0.25) is 0 Å². The van der Waals surface area contributed by atoms with Crippen LogP contribution in [0.25, 0.3) is 22.0 Å². The van der Waals surface area contributed by atoms with Crippen LogP contribution in [0.3, 0.4) is 0 Å². The van der Waals surface area contributed by atoms with Gasteiger partial charge in [0.1, 0.15) is 0 Å². The van der Waals surface area contributed by atoms with Gasteiger partial charge in [0.15, 0.2) is 0 Å². The number of rotatable bonds is 6. The normalized spacial score (nSPS) is 10.6. The molecule has 124 valence electrons. The molecule has 0 atom stereocenters. The van der Waals surface area contributed by atoms with Gasteiger partial charge in [-0.05, 0) is 46.9 Å². The first kappa shape index (κ1) is 19.0. The molecule has 0 bridgehead atoms.